The van der Waals surface area contributed by atoms with E-state index >= 15 is 0 Å². The summed E-state index contributed by atoms with van der Waals surface area (Å²) in [6.07, 6.45) is 3.83. The molecule has 17 heavy (non-hydrogen) atoms. The molecule has 0 aliphatic heterocycles. The van der Waals surface area contributed by atoms with Crippen molar-refractivity contribution in [2.75, 3.05) is 7.11 Å². The number of hydrogen-bond donors (Lipinski definition) is 2. The lowest BCUT2D eigenvalue weighted by Gasteiger charge is -2.11. The molecule has 1 unspecified atom stereocenters. The molecule has 2 aromatic rings. The third-order valence-corrected chi connectivity index (χ3v) is 3.57. The van der Waals surface area contributed by atoms with E-state index in [1.165, 1.54) is 0 Å². The third-order valence-electron chi connectivity index (χ3n) is 2.59. The van der Waals surface area contributed by atoms with Gasteiger partial charge in [-0.1, -0.05) is 0 Å². The average Bonchev–Trinajstić information content (AvgIpc) is 2.99. The van der Waals surface area contributed by atoms with E-state index in [1.807, 2.05) is 28.5 Å². The molecule has 3 N–H and O–H groups in total. The number of nitrogens with zero attached hydrogens (tertiary/aromatic N) is 2. The monoisotopic (exact) mass is 252 g/mol. The van der Waals surface area contributed by atoms with Crippen molar-refractivity contribution >= 4 is 11.3 Å². The molecule has 0 fully saturated rings. The summed E-state index contributed by atoms with van der Waals surface area (Å²) in [7, 11) is 1.66. The maximum Gasteiger partial charge on any atom is 0.129 e. The van der Waals surface area contributed by atoms with E-state index in [2.05, 4.69) is 17.4 Å². The Bertz CT molecular complexity index is 437. The fourth-order valence-electron chi connectivity index (χ4n) is 1.64. The standard InChI is InChI=1S/C11H16N4OS/c1-3-15-6-8(5-13-15)11(14-12)10-4-9(16-2)7-17-10/h4-7,11,14H,3,12H2,1-2H3. The summed E-state index contributed by atoms with van der Waals surface area (Å²) >= 11 is 1.61. The van der Waals surface area contributed by atoms with Gasteiger partial charge in [-0.25, -0.2) is 5.43 Å². The van der Waals surface area contributed by atoms with E-state index in [-0.39, 0.29) is 6.04 Å². The summed E-state index contributed by atoms with van der Waals surface area (Å²) in [5, 5.41) is 6.21. The molecule has 1 atom stereocenters. The van der Waals surface area contributed by atoms with Crippen molar-refractivity contribution in [3.63, 3.8) is 0 Å². The molecule has 0 saturated heterocycles. The Labute approximate surface area is 104 Å². The SMILES string of the molecule is CCn1cc(C(NN)c2cc(OC)cs2)cn1. The highest BCUT2D eigenvalue weighted by molar-refractivity contribution is 7.10. The van der Waals surface area contributed by atoms with Crippen molar-refractivity contribution < 1.29 is 4.74 Å². The zero-order chi connectivity index (χ0) is 12.3. The van der Waals surface area contributed by atoms with Crippen LogP contribution in [0.4, 0.5) is 0 Å². The Balaban J connectivity index is 2.26. The van der Waals surface area contributed by atoms with Crippen LogP contribution in [0, 0.1) is 0 Å². The first-order valence-electron chi connectivity index (χ1n) is 5.39. The van der Waals surface area contributed by atoms with Crippen LogP contribution in [0.2, 0.25) is 0 Å². The smallest absolute Gasteiger partial charge is 0.129 e. The molecular formula is C11H16N4OS. The van der Waals surface area contributed by atoms with Crippen molar-refractivity contribution in [1.82, 2.24) is 15.2 Å². The van der Waals surface area contributed by atoms with Gasteiger partial charge in [-0.3, -0.25) is 10.5 Å². The second kappa shape index (κ2) is 5.31. The molecule has 0 bridgehead atoms. The normalized spacial score (nSPS) is 12.6. The Morgan fingerprint density at radius 2 is 2.47 bits per heavy atom. The molecule has 2 aromatic heterocycles. The molecule has 2 heterocycles. The number of methoxy groups -OCH3 is 1. The minimum atomic E-state index is -0.0378. The Hall–Kier alpha value is -1.37. The number of ether oxygens (including phenoxy) is 1. The Morgan fingerprint density at radius 3 is 3.00 bits per heavy atom. The topological polar surface area (TPSA) is 65.1 Å². The number of hydrazine groups is 1. The number of thiophene rings is 1. The maximum atomic E-state index is 5.62. The summed E-state index contributed by atoms with van der Waals surface area (Å²) in [5.74, 6) is 6.47. The van der Waals surface area contributed by atoms with Gasteiger partial charge >= 0.3 is 0 Å². The molecule has 0 saturated carbocycles. The highest BCUT2D eigenvalue weighted by atomic mass is 32.1. The number of nitrogens with one attached hydrogen (secondary N) is 1. The van der Waals surface area contributed by atoms with E-state index in [9.17, 15) is 0 Å². The highest BCUT2D eigenvalue weighted by Gasteiger charge is 2.16. The quantitative estimate of drug-likeness (QED) is 0.625. The van der Waals surface area contributed by atoms with Gasteiger partial charge in [0, 0.05) is 28.6 Å². The van der Waals surface area contributed by atoms with Gasteiger partial charge in [-0.05, 0) is 13.0 Å². The molecule has 2 rings (SSSR count). The molecule has 0 aromatic carbocycles. The van der Waals surface area contributed by atoms with Gasteiger partial charge in [0.05, 0.1) is 19.3 Å². The van der Waals surface area contributed by atoms with Gasteiger partial charge in [0.2, 0.25) is 0 Å². The predicted octanol–water partition coefficient (Wildman–Crippen LogP) is 1.53. The van der Waals surface area contributed by atoms with Gasteiger partial charge in [-0.15, -0.1) is 11.3 Å². The first-order chi connectivity index (χ1) is 8.28. The number of nitrogens with two attached hydrogens (primary N) is 1. The lowest BCUT2D eigenvalue weighted by Crippen LogP contribution is -2.27. The van der Waals surface area contributed by atoms with Crippen LogP contribution in [0.3, 0.4) is 0 Å². The van der Waals surface area contributed by atoms with Gasteiger partial charge in [-0.2, -0.15) is 5.10 Å². The molecule has 0 spiro atoms. The van der Waals surface area contributed by atoms with Gasteiger partial charge in [0.15, 0.2) is 0 Å². The molecule has 0 aliphatic rings. The Morgan fingerprint density at radius 1 is 1.65 bits per heavy atom. The van der Waals surface area contributed by atoms with Gasteiger partial charge in [0.1, 0.15) is 5.75 Å². The van der Waals surface area contributed by atoms with Crippen molar-refractivity contribution in [3.8, 4) is 5.75 Å². The summed E-state index contributed by atoms with van der Waals surface area (Å²) in [6.45, 7) is 2.90. The van der Waals surface area contributed by atoms with E-state index in [0.29, 0.717) is 0 Å². The number of hydrogen-bond acceptors (Lipinski definition) is 5. The van der Waals surface area contributed by atoms with E-state index in [0.717, 1.165) is 22.7 Å². The van der Waals surface area contributed by atoms with E-state index in [4.69, 9.17) is 10.6 Å². The van der Waals surface area contributed by atoms with E-state index < -0.39 is 0 Å². The van der Waals surface area contributed by atoms with Crippen LogP contribution in [0.5, 0.6) is 5.75 Å². The van der Waals surface area contributed by atoms with Crippen molar-refractivity contribution in [3.05, 3.63) is 34.3 Å². The number of aromatic nitrogens is 2. The van der Waals surface area contributed by atoms with Crippen LogP contribution in [0.15, 0.2) is 23.8 Å². The first kappa shape index (κ1) is 12.1. The first-order valence-corrected chi connectivity index (χ1v) is 6.27. The second-order valence-electron chi connectivity index (χ2n) is 3.62. The summed E-state index contributed by atoms with van der Waals surface area (Å²) in [5.41, 5.74) is 3.87. The van der Waals surface area contributed by atoms with Crippen LogP contribution in [0.25, 0.3) is 0 Å². The molecule has 6 heteroatoms. The minimum Gasteiger partial charge on any atom is -0.496 e. The Kier molecular flexibility index (Phi) is 3.78. The number of aryl methyl sites for hydroxylation is 1. The van der Waals surface area contributed by atoms with Crippen molar-refractivity contribution in [1.29, 1.82) is 0 Å². The molecule has 0 radical (unpaired) electrons. The van der Waals surface area contributed by atoms with Crippen molar-refractivity contribution in [2.24, 2.45) is 5.84 Å². The van der Waals surface area contributed by atoms with Crippen LogP contribution < -0.4 is 16.0 Å². The summed E-state index contributed by atoms with van der Waals surface area (Å²) < 4.78 is 7.05. The zero-order valence-corrected chi connectivity index (χ0v) is 10.7. The molecule has 92 valence electrons. The number of rotatable bonds is 5. The lowest BCUT2D eigenvalue weighted by atomic mass is 10.1. The highest BCUT2D eigenvalue weighted by Crippen LogP contribution is 2.30. The lowest BCUT2D eigenvalue weighted by molar-refractivity contribution is 0.416. The molecule has 5 nitrogen and oxygen atoms in total. The fourth-order valence-corrected chi connectivity index (χ4v) is 2.58. The van der Waals surface area contributed by atoms with Crippen LogP contribution in [-0.4, -0.2) is 16.9 Å². The largest absolute Gasteiger partial charge is 0.496 e. The van der Waals surface area contributed by atoms with Crippen molar-refractivity contribution in [2.45, 2.75) is 19.5 Å². The van der Waals surface area contributed by atoms with E-state index in [1.54, 1.807) is 18.4 Å². The predicted molar refractivity (Wildman–Crippen MR) is 67.9 cm³/mol. The molecule has 0 amide bonds. The maximum absolute atomic E-state index is 5.62. The summed E-state index contributed by atoms with van der Waals surface area (Å²) in [4.78, 5) is 1.11. The van der Waals surface area contributed by atoms with Crippen LogP contribution in [0.1, 0.15) is 23.4 Å². The third kappa shape index (κ3) is 2.49. The van der Waals surface area contributed by atoms with Gasteiger partial charge in [0.25, 0.3) is 0 Å². The molecule has 0 aliphatic carbocycles. The second-order valence-corrected chi connectivity index (χ2v) is 4.56. The minimum absolute atomic E-state index is 0.0378. The molecular weight excluding hydrogens is 236 g/mol. The van der Waals surface area contributed by atoms with Gasteiger partial charge < -0.3 is 4.74 Å². The summed E-state index contributed by atoms with van der Waals surface area (Å²) in [6, 6.07) is 1.95. The van der Waals surface area contributed by atoms with Crippen LogP contribution >= 0.6 is 11.3 Å². The zero-order valence-electron chi connectivity index (χ0n) is 9.88. The fraction of sp³-hybridized carbons (Fsp3) is 0.364. The van der Waals surface area contributed by atoms with Crippen LogP contribution in [-0.2, 0) is 6.54 Å². The average molecular weight is 252 g/mol.